The second kappa shape index (κ2) is 35.9. The van der Waals surface area contributed by atoms with Gasteiger partial charge in [-0.3, -0.25) is 48.9 Å². The van der Waals surface area contributed by atoms with Gasteiger partial charge in [0.1, 0.15) is 5.69 Å². The van der Waals surface area contributed by atoms with E-state index in [-0.39, 0.29) is 23.6 Å². The topological polar surface area (TPSA) is 167 Å². The van der Waals surface area contributed by atoms with Crippen LogP contribution in [0.3, 0.4) is 0 Å². The average Bonchev–Trinajstić information content (AvgIpc) is 1.78. The van der Waals surface area contributed by atoms with Crippen LogP contribution in [-0.2, 0) is 20.8 Å². The highest BCUT2D eigenvalue weighted by Crippen LogP contribution is 2.30. The molecule has 1 aliphatic carbocycles. The van der Waals surface area contributed by atoms with Crippen LogP contribution in [0.15, 0.2) is 74.3 Å². The molecule has 4 aromatic rings. The van der Waals surface area contributed by atoms with Crippen LogP contribution in [-0.4, -0.2) is 254 Å². The third kappa shape index (κ3) is 19.7. The molecule has 8 aliphatic heterocycles. The summed E-state index contributed by atoms with van der Waals surface area (Å²) in [6, 6.07) is 16.4. The van der Waals surface area contributed by atoms with Gasteiger partial charge in [0.05, 0.1) is 30.3 Å². The number of rotatable bonds is 11. The Morgan fingerprint density at radius 2 is 1.09 bits per heavy atom. The van der Waals surface area contributed by atoms with Gasteiger partial charge >= 0.3 is 0 Å². The van der Waals surface area contributed by atoms with Crippen molar-refractivity contribution in [2.45, 2.75) is 124 Å². The molecule has 0 atom stereocenters. The molecule has 20 nitrogen and oxygen atoms in total. The molecule has 0 radical (unpaired) electrons. The van der Waals surface area contributed by atoms with Crippen LogP contribution in [0.25, 0.3) is 11.3 Å². The first kappa shape index (κ1) is 70.1. The number of piperidine rings is 2. The minimum absolute atomic E-state index is 0.118. The Morgan fingerprint density at radius 1 is 0.554 bits per heavy atom. The highest BCUT2D eigenvalue weighted by atomic mass is 35.5. The van der Waals surface area contributed by atoms with Crippen molar-refractivity contribution in [2.24, 2.45) is 20.9 Å². The van der Waals surface area contributed by atoms with E-state index in [0.717, 1.165) is 220 Å². The molecule has 6 fully saturated rings. The van der Waals surface area contributed by atoms with Crippen molar-refractivity contribution >= 4 is 86.6 Å². The lowest BCUT2D eigenvalue weighted by molar-refractivity contribution is -0.131. The third-order valence-corrected chi connectivity index (χ3v) is 20.6. The maximum atomic E-state index is 12.6. The molecule has 13 rings (SSSR count). The van der Waals surface area contributed by atoms with Crippen molar-refractivity contribution in [1.29, 1.82) is 0 Å². The van der Waals surface area contributed by atoms with Crippen molar-refractivity contribution < 1.29 is 19.2 Å². The summed E-state index contributed by atoms with van der Waals surface area (Å²) < 4.78 is 0. The number of likely N-dealkylation sites (N-methyl/N-ethyl adjacent to an activating group) is 2. The Labute approximate surface area is 561 Å². The number of halogens is 1. The first-order chi connectivity index (χ1) is 44.8. The summed E-state index contributed by atoms with van der Waals surface area (Å²) >= 11 is 9.24. The van der Waals surface area contributed by atoms with E-state index in [4.69, 9.17) is 16.6 Å². The van der Waals surface area contributed by atoms with Gasteiger partial charge in [-0.2, -0.15) is 0 Å². The maximum Gasteiger partial charge on any atom is 0.273 e. The van der Waals surface area contributed by atoms with Gasteiger partial charge in [0.2, 0.25) is 35.6 Å². The summed E-state index contributed by atoms with van der Waals surface area (Å²) in [6.45, 7) is 26.2. The molecule has 9 aliphatic rings. The fraction of sp³-hybridized carbons (Fsp3) is 0.638. The van der Waals surface area contributed by atoms with E-state index in [1.165, 1.54) is 62.6 Å². The fourth-order valence-corrected chi connectivity index (χ4v) is 14.8. The molecule has 1 saturated carbocycles. The molecular weight excluding hydrogens is 1220 g/mol. The molecule has 2 aromatic heterocycles. The number of hydrogen-bond acceptors (Lipinski definition) is 18. The van der Waals surface area contributed by atoms with E-state index >= 15 is 0 Å². The van der Waals surface area contributed by atoms with E-state index in [1.54, 1.807) is 22.7 Å². The van der Waals surface area contributed by atoms with Gasteiger partial charge in [0, 0.05) is 178 Å². The number of anilines is 2. The van der Waals surface area contributed by atoms with Crippen molar-refractivity contribution in [1.82, 2.24) is 54.1 Å². The standard InChI is InChI=1S/C18H17ClN2S.C15H26N4O.C13H19N3OS.C12H21N3O.C11H20N4O/c1-21(2)16-9-3-13(4-10-16)11-18-20-17(12-22-18)14-5-7-15(19)8-6-14;1-2-17-9-11-18(12-10-17)15-16-7-8-19(15)14(20)13-5-3-4-6-13;17-12(15-6-4-5-7-15)11-10-18-13(14-11)16-8-2-1-3-9-16;1-2-6-11(16)15-10-7-13-12(15)14-8-4-3-5-9-14;1-3-10(16)15-5-4-12-11(15)14-8-6-13(2)7-9-14/h3-10,12H,11H2,1-2H3;13H,2-12H2,1H3;10H,1-9H2;2-10H2,1H3;3-9H2,1-2H3. The number of likely N-dealkylation sites (tertiary alicyclic amines) is 2. The number of aliphatic imine (C=N–C) groups is 3. The number of aromatic nitrogens is 2. The van der Waals surface area contributed by atoms with Crippen LogP contribution in [0.1, 0.15) is 138 Å². The number of thiazole rings is 2. The molecule has 5 saturated heterocycles. The Morgan fingerprint density at radius 3 is 1.65 bits per heavy atom. The van der Waals surface area contributed by atoms with E-state index < -0.39 is 0 Å². The number of nitrogens with zero attached hydrogens (tertiary/aromatic N) is 16. The van der Waals surface area contributed by atoms with Crippen molar-refractivity contribution in [3.8, 4) is 11.3 Å². The fourth-order valence-electron chi connectivity index (χ4n) is 13.0. The van der Waals surface area contributed by atoms with Gasteiger partial charge in [-0.15, -0.1) is 22.7 Å². The minimum atomic E-state index is 0.118. The second-order valence-corrected chi connectivity index (χ2v) is 27.6. The third-order valence-electron chi connectivity index (χ3n) is 18.6. The summed E-state index contributed by atoms with van der Waals surface area (Å²) in [5, 5.41) is 6.93. The summed E-state index contributed by atoms with van der Waals surface area (Å²) in [4.78, 5) is 94.9. The average molecular weight is 1320 g/mol. The number of benzene rings is 2. The lowest BCUT2D eigenvalue weighted by atomic mass is 10.1. The monoisotopic (exact) mass is 1320 g/mol. The summed E-state index contributed by atoms with van der Waals surface area (Å²) in [6.07, 6.45) is 17.4. The second-order valence-electron chi connectivity index (χ2n) is 25.4. The quantitative estimate of drug-likeness (QED) is 0.139. The molecule has 0 unspecified atom stereocenters. The Hall–Kier alpha value is -6.20. The number of hydrogen-bond donors (Lipinski definition) is 0. The van der Waals surface area contributed by atoms with Crippen LogP contribution in [0.2, 0.25) is 5.02 Å². The molecule has 23 heteroatoms. The zero-order chi connectivity index (χ0) is 64.8. The smallest absolute Gasteiger partial charge is 0.273 e. The lowest BCUT2D eigenvalue weighted by Gasteiger charge is -2.37. The van der Waals surface area contributed by atoms with Gasteiger partial charge in [0.15, 0.2) is 5.13 Å². The number of piperazine rings is 2. The van der Waals surface area contributed by atoms with Gasteiger partial charge in [-0.1, -0.05) is 69.5 Å². The van der Waals surface area contributed by atoms with Gasteiger partial charge in [-0.05, 0) is 114 Å². The van der Waals surface area contributed by atoms with Crippen LogP contribution < -0.4 is 9.80 Å². The number of guanidine groups is 3. The molecule has 0 spiro atoms. The summed E-state index contributed by atoms with van der Waals surface area (Å²) in [5.74, 6) is 3.94. The SMILES string of the molecule is CCC(=O)N1CCN=C1N1CCN(C)CC1.CCCC(=O)N1CCN=C1N1CCCCC1.CCN1CCN(C2=NCCN2C(=O)C2CCCC2)CC1.CN(C)c1ccc(Cc2nc(-c3ccc(Cl)cc3)cs2)cc1.O=C(c1csc(N2CCCCC2)n1)N1CCCC1. The predicted molar refractivity (Wildman–Crippen MR) is 377 cm³/mol. The molecule has 10 heterocycles. The molecule has 92 heavy (non-hydrogen) atoms. The lowest BCUT2D eigenvalue weighted by Crippen LogP contribution is -2.54. The highest BCUT2D eigenvalue weighted by Gasteiger charge is 2.36. The predicted octanol–water partition coefficient (Wildman–Crippen LogP) is 9.81. The zero-order valence-corrected chi connectivity index (χ0v) is 58.4. The Balaban J connectivity index is 0.000000137. The van der Waals surface area contributed by atoms with Gasteiger partial charge in [-0.25, -0.2) is 9.97 Å². The van der Waals surface area contributed by atoms with Crippen LogP contribution >= 0.6 is 34.3 Å². The van der Waals surface area contributed by atoms with Crippen LogP contribution in [0, 0.1) is 5.92 Å². The molecule has 2 aromatic carbocycles. The molecule has 502 valence electrons. The van der Waals surface area contributed by atoms with E-state index in [1.807, 2.05) is 77.2 Å². The first-order valence-electron chi connectivity index (χ1n) is 34.5. The summed E-state index contributed by atoms with van der Waals surface area (Å²) in [7, 11) is 6.23. The van der Waals surface area contributed by atoms with Crippen molar-refractivity contribution in [3.05, 3.63) is 80.6 Å². The summed E-state index contributed by atoms with van der Waals surface area (Å²) in [5.41, 5.74) is 5.26. The zero-order valence-electron chi connectivity index (χ0n) is 56.0. The Kier molecular flexibility index (Phi) is 27.4. The minimum Gasteiger partial charge on any atom is -0.378 e. The Bertz CT molecular complexity index is 3040. The van der Waals surface area contributed by atoms with Gasteiger partial charge < -0.3 is 39.2 Å². The van der Waals surface area contributed by atoms with Gasteiger partial charge in [0.25, 0.3) is 5.91 Å². The van der Waals surface area contributed by atoms with E-state index in [0.29, 0.717) is 24.4 Å². The normalized spacial score (nSPS) is 19.7. The molecule has 4 amide bonds. The largest absolute Gasteiger partial charge is 0.378 e. The molecular formula is C69H103ClN16O4S2. The van der Waals surface area contributed by atoms with E-state index in [9.17, 15) is 19.2 Å². The maximum absolute atomic E-state index is 12.6. The number of carbonyl (C=O) groups excluding carboxylic acids is 4. The highest BCUT2D eigenvalue weighted by molar-refractivity contribution is 7.14. The first-order valence-corrected chi connectivity index (χ1v) is 36.6. The van der Waals surface area contributed by atoms with E-state index in [2.05, 4.69) is 97.9 Å². The molecule has 0 N–H and O–H groups in total. The molecule has 0 bridgehead atoms. The van der Waals surface area contributed by atoms with Crippen LogP contribution in [0.4, 0.5) is 10.8 Å². The van der Waals surface area contributed by atoms with Crippen molar-refractivity contribution in [3.63, 3.8) is 0 Å². The number of amides is 4. The van der Waals surface area contributed by atoms with Crippen molar-refractivity contribution in [2.75, 3.05) is 168 Å². The van der Waals surface area contributed by atoms with Crippen LogP contribution in [0.5, 0.6) is 0 Å². The number of carbonyl (C=O) groups is 4.